The lowest BCUT2D eigenvalue weighted by atomic mass is 10.1. The Morgan fingerprint density at radius 2 is 2.06 bits per heavy atom. The number of nitrogens with two attached hydrogens (primary N) is 1. The summed E-state index contributed by atoms with van der Waals surface area (Å²) in [6.07, 6.45) is 4.04. The SMILES string of the molecule is COC1CCCC1NCc1ccc(N)cc1. The van der Waals surface area contributed by atoms with Crippen molar-refractivity contribution >= 4 is 5.69 Å². The Balaban J connectivity index is 1.85. The van der Waals surface area contributed by atoms with Crippen molar-refractivity contribution in [1.29, 1.82) is 0 Å². The van der Waals surface area contributed by atoms with E-state index in [-0.39, 0.29) is 0 Å². The second kappa shape index (κ2) is 5.32. The molecule has 1 fully saturated rings. The fraction of sp³-hybridized carbons (Fsp3) is 0.538. The summed E-state index contributed by atoms with van der Waals surface area (Å²) in [5, 5.41) is 3.55. The molecule has 1 saturated carbocycles. The molecule has 88 valence electrons. The van der Waals surface area contributed by atoms with Crippen LogP contribution in [0, 0.1) is 0 Å². The van der Waals surface area contributed by atoms with Gasteiger partial charge in [-0.2, -0.15) is 0 Å². The minimum absolute atomic E-state index is 0.383. The Labute approximate surface area is 97.0 Å². The second-order valence-electron chi connectivity index (χ2n) is 4.43. The molecule has 3 nitrogen and oxygen atoms in total. The molecule has 1 aromatic rings. The van der Waals surface area contributed by atoms with Gasteiger partial charge in [-0.25, -0.2) is 0 Å². The van der Waals surface area contributed by atoms with Gasteiger partial charge in [0.25, 0.3) is 0 Å². The number of anilines is 1. The van der Waals surface area contributed by atoms with E-state index in [2.05, 4.69) is 17.4 Å². The Morgan fingerprint density at radius 1 is 1.31 bits per heavy atom. The van der Waals surface area contributed by atoms with Gasteiger partial charge >= 0.3 is 0 Å². The fourth-order valence-electron chi connectivity index (χ4n) is 2.33. The van der Waals surface area contributed by atoms with Gasteiger partial charge in [-0.15, -0.1) is 0 Å². The van der Waals surface area contributed by atoms with Crippen LogP contribution in [-0.4, -0.2) is 19.3 Å². The van der Waals surface area contributed by atoms with E-state index in [0.717, 1.165) is 12.2 Å². The van der Waals surface area contributed by atoms with Crippen LogP contribution in [0.3, 0.4) is 0 Å². The first-order chi connectivity index (χ1) is 7.79. The fourth-order valence-corrected chi connectivity index (χ4v) is 2.33. The highest BCUT2D eigenvalue weighted by Gasteiger charge is 2.26. The van der Waals surface area contributed by atoms with Crippen molar-refractivity contribution in [3.8, 4) is 0 Å². The van der Waals surface area contributed by atoms with Crippen LogP contribution in [0.25, 0.3) is 0 Å². The third-order valence-electron chi connectivity index (χ3n) is 3.30. The first-order valence-electron chi connectivity index (χ1n) is 5.90. The zero-order valence-electron chi connectivity index (χ0n) is 9.78. The highest BCUT2D eigenvalue weighted by atomic mass is 16.5. The lowest BCUT2D eigenvalue weighted by Gasteiger charge is -2.19. The van der Waals surface area contributed by atoms with Crippen LogP contribution in [0.2, 0.25) is 0 Å². The van der Waals surface area contributed by atoms with Crippen LogP contribution in [0.15, 0.2) is 24.3 Å². The summed E-state index contributed by atoms with van der Waals surface area (Å²) in [7, 11) is 1.80. The van der Waals surface area contributed by atoms with Crippen molar-refractivity contribution in [2.24, 2.45) is 0 Å². The molecular formula is C13H20N2O. The van der Waals surface area contributed by atoms with Crippen molar-refractivity contribution in [3.05, 3.63) is 29.8 Å². The predicted molar refractivity (Wildman–Crippen MR) is 66.1 cm³/mol. The molecule has 0 spiro atoms. The van der Waals surface area contributed by atoms with Crippen LogP contribution in [0.4, 0.5) is 5.69 Å². The molecule has 1 aliphatic rings. The first-order valence-corrected chi connectivity index (χ1v) is 5.90. The van der Waals surface area contributed by atoms with Gasteiger partial charge in [0.15, 0.2) is 0 Å². The van der Waals surface area contributed by atoms with Crippen molar-refractivity contribution < 1.29 is 4.74 Å². The molecule has 0 aromatic heterocycles. The number of nitrogen functional groups attached to an aromatic ring is 1. The van der Waals surface area contributed by atoms with Gasteiger partial charge in [-0.1, -0.05) is 12.1 Å². The molecule has 0 heterocycles. The minimum Gasteiger partial charge on any atom is -0.399 e. The Kier molecular flexibility index (Phi) is 3.80. The Morgan fingerprint density at radius 3 is 2.75 bits per heavy atom. The predicted octanol–water partition coefficient (Wildman–Crippen LogP) is 1.93. The second-order valence-corrected chi connectivity index (χ2v) is 4.43. The van der Waals surface area contributed by atoms with Crippen LogP contribution >= 0.6 is 0 Å². The van der Waals surface area contributed by atoms with E-state index >= 15 is 0 Å². The molecule has 2 atom stereocenters. The topological polar surface area (TPSA) is 47.3 Å². The highest BCUT2D eigenvalue weighted by Crippen LogP contribution is 2.21. The van der Waals surface area contributed by atoms with Crippen LogP contribution < -0.4 is 11.1 Å². The zero-order chi connectivity index (χ0) is 11.4. The molecular weight excluding hydrogens is 200 g/mol. The monoisotopic (exact) mass is 220 g/mol. The summed E-state index contributed by atoms with van der Waals surface area (Å²) in [6, 6.07) is 8.53. The zero-order valence-corrected chi connectivity index (χ0v) is 9.78. The molecule has 3 N–H and O–H groups in total. The van der Waals surface area contributed by atoms with Crippen LogP contribution in [0.1, 0.15) is 24.8 Å². The van der Waals surface area contributed by atoms with Gasteiger partial charge in [-0.3, -0.25) is 0 Å². The summed E-state index contributed by atoms with van der Waals surface area (Å²) in [5.41, 5.74) is 7.74. The molecule has 1 aromatic carbocycles. The summed E-state index contributed by atoms with van der Waals surface area (Å²) >= 11 is 0. The molecule has 0 bridgehead atoms. The summed E-state index contributed by atoms with van der Waals surface area (Å²) in [6.45, 7) is 0.894. The number of rotatable bonds is 4. The van der Waals surface area contributed by atoms with Gasteiger partial charge in [0.05, 0.1) is 6.10 Å². The lowest BCUT2D eigenvalue weighted by Crippen LogP contribution is -2.36. The van der Waals surface area contributed by atoms with E-state index in [1.807, 2.05) is 12.1 Å². The standard InChI is InChI=1S/C13H20N2O/c1-16-13-4-2-3-12(13)15-9-10-5-7-11(14)8-6-10/h5-8,12-13,15H,2-4,9,14H2,1H3. The third kappa shape index (κ3) is 2.74. The molecule has 3 heteroatoms. The van der Waals surface area contributed by atoms with Gasteiger partial charge < -0.3 is 15.8 Å². The maximum atomic E-state index is 5.65. The van der Waals surface area contributed by atoms with Gasteiger partial charge in [0.2, 0.25) is 0 Å². The van der Waals surface area contributed by atoms with Crippen LogP contribution in [0.5, 0.6) is 0 Å². The van der Waals surface area contributed by atoms with E-state index in [1.54, 1.807) is 7.11 Å². The quantitative estimate of drug-likeness (QED) is 0.762. The Bertz CT molecular complexity index is 323. The number of hydrogen-bond donors (Lipinski definition) is 2. The number of hydrogen-bond acceptors (Lipinski definition) is 3. The van der Waals surface area contributed by atoms with Gasteiger partial charge in [0, 0.05) is 25.4 Å². The maximum absolute atomic E-state index is 5.65. The highest BCUT2D eigenvalue weighted by molar-refractivity contribution is 5.39. The van der Waals surface area contributed by atoms with Crippen molar-refractivity contribution in [3.63, 3.8) is 0 Å². The van der Waals surface area contributed by atoms with E-state index in [0.29, 0.717) is 12.1 Å². The summed E-state index contributed by atoms with van der Waals surface area (Å²) < 4.78 is 5.45. The average Bonchev–Trinajstić information content (AvgIpc) is 2.76. The number of benzene rings is 1. The molecule has 1 aliphatic carbocycles. The maximum Gasteiger partial charge on any atom is 0.0724 e. The molecule has 2 unspecified atom stereocenters. The van der Waals surface area contributed by atoms with E-state index in [9.17, 15) is 0 Å². The smallest absolute Gasteiger partial charge is 0.0724 e. The van der Waals surface area contributed by atoms with E-state index in [4.69, 9.17) is 10.5 Å². The number of nitrogens with one attached hydrogen (secondary N) is 1. The first kappa shape index (κ1) is 11.4. The van der Waals surface area contributed by atoms with Crippen LogP contribution in [-0.2, 0) is 11.3 Å². The largest absolute Gasteiger partial charge is 0.399 e. The lowest BCUT2D eigenvalue weighted by molar-refractivity contribution is 0.0847. The molecule has 0 amide bonds. The third-order valence-corrected chi connectivity index (χ3v) is 3.30. The van der Waals surface area contributed by atoms with E-state index in [1.165, 1.54) is 24.8 Å². The summed E-state index contributed by atoms with van der Waals surface area (Å²) in [5.74, 6) is 0. The van der Waals surface area contributed by atoms with Crippen molar-refractivity contribution in [2.75, 3.05) is 12.8 Å². The molecule has 2 rings (SSSR count). The Hall–Kier alpha value is -1.06. The molecule has 0 saturated heterocycles. The molecule has 0 aliphatic heterocycles. The number of ether oxygens (including phenoxy) is 1. The number of methoxy groups -OCH3 is 1. The van der Waals surface area contributed by atoms with E-state index < -0.39 is 0 Å². The van der Waals surface area contributed by atoms with Crippen molar-refractivity contribution in [1.82, 2.24) is 5.32 Å². The van der Waals surface area contributed by atoms with Crippen molar-refractivity contribution in [2.45, 2.75) is 38.0 Å². The summed E-state index contributed by atoms with van der Waals surface area (Å²) in [4.78, 5) is 0. The normalized spacial score (nSPS) is 24.8. The average molecular weight is 220 g/mol. The van der Waals surface area contributed by atoms with Gasteiger partial charge in [-0.05, 0) is 37.0 Å². The van der Waals surface area contributed by atoms with Gasteiger partial charge in [0.1, 0.15) is 0 Å². The molecule has 16 heavy (non-hydrogen) atoms. The minimum atomic E-state index is 0.383. The molecule has 0 radical (unpaired) electrons.